The van der Waals surface area contributed by atoms with Crippen molar-refractivity contribution in [1.82, 2.24) is 10.3 Å². The van der Waals surface area contributed by atoms with Gasteiger partial charge in [-0.1, -0.05) is 13.8 Å². The highest BCUT2D eigenvalue weighted by molar-refractivity contribution is 5.95. The van der Waals surface area contributed by atoms with E-state index >= 15 is 0 Å². The van der Waals surface area contributed by atoms with Gasteiger partial charge in [-0.3, -0.25) is 4.79 Å². The largest absolute Gasteiger partial charge is 0.492 e. The topological polar surface area (TPSA) is 51.2 Å². The third kappa shape index (κ3) is 4.53. The highest BCUT2D eigenvalue weighted by Gasteiger charge is 2.11. The van der Waals surface area contributed by atoms with E-state index in [4.69, 9.17) is 4.74 Å². The Morgan fingerprint density at radius 2 is 2.24 bits per heavy atom. The average Bonchev–Trinajstić information content (AvgIpc) is 2.34. The molecule has 4 heteroatoms. The molecule has 0 atom stereocenters. The van der Waals surface area contributed by atoms with Crippen molar-refractivity contribution >= 4 is 5.78 Å². The van der Waals surface area contributed by atoms with Crippen molar-refractivity contribution in [3.63, 3.8) is 0 Å². The first kappa shape index (κ1) is 13.6. The molecule has 0 aromatic carbocycles. The van der Waals surface area contributed by atoms with Crippen LogP contribution in [0.15, 0.2) is 18.3 Å². The van der Waals surface area contributed by atoms with Crippen molar-refractivity contribution in [2.75, 3.05) is 20.2 Å². The Morgan fingerprint density at radius 1 is 1.47 bits per heavy atom. The van der Waals surface area contributed by atoms with E-state index in [1.807, 2.05) is 20.9 Å². The number of rotatable bonds is 7. The quantitative estimate of drug-likeness (QED) is 0.580. The molecule has 0 spiro atoms. The first-order valence-corrected chi connectivity index (χ1v) is 5.93. The van der Waals surface area contributed by atoms with Crippen LogP contribution in [0.4, 0.5) is 0 Å². The Hall–Kier alpha value is -1.42. The van der Waals surface area contributed by atoms with Gasteiger partial charge in [-0.05, 0) is 32.1 Å². The molecule has 0 aliphatic carbocycles. The number of hydrogen-bond donors (Lipinski definition) is 1. The van der Waals surface area contributed by atoms with Crippen LogP contribution in [-0.4, -0.2) is 31.0 Å². The van der Waals surface area contributed by atoms with Crippen LogP contribution in [0.3, 0.4) is 0 Å². The Labute approximate surface area is 102 Å². The number of ketones is 1. The van der Waals surface area contributed by atoms with Crippen LogP contribution in [0.2, 0.25) is 0 Å². The third-order valence-electron chi connectivity index (χ3n) is 2.35. The number of aromatic nitrogens is 1. The van der Waals surface area contributed by atoms with Crippen LogP contribution >= 0.6 is 0 Å². The van der Waals surface area contributed by atoms with Crippen molar-refractivity contribution in [3.8, 4) is 5.75 Å². The molecular formula is C13H20N2O2. The Balaban J connectivity index is 2.47. The Kier molecular flexibility index (Phi) is 5.63. The van der Waals surface area contributed by atoms with Crippen molar-refractivity contribution in [2.24, 2.45) is 5.92 Å². The first-order chi connectivity index (χ1) is 8.15. The van der Waals surface area contributed by atoms with Gasteiger partial charge in [-0.15, -0.1) is 0 Å². The zero-order valence-electron chi connectivity index (χ0n) is 10.7. The van der Waals surface area contributed by atoms with Crippen molar-refractivity contribution in [3.05, 3.63) is 24.0 Å². The lowest BCUT2D eigenvalue weighted by molar-refractivity contribution is 0.0934. The van der Waals surface area contributed by atoms with Crippen molar-refractivity contribution in [1.29, 1.82) is 0 Å². The van der Waals surface area contributed by atoms with Crippen LogP contribution in [0.5, 0.6) is 5.75 Å². The van der Waals surface area contributed by atoms with Crippen LogP contribution in [0.25, 0.3) is 0 Å². The second-order valence-corrected chi connectivity index (χ2v) is 4.20. The average molecular weight is 236 g/mol. The van der Waals surface area contributed by atoms with Gasteiger partial charge in [0, 0.05) is 5.92 Å². The predicted octanol–water partition coefficient (Wildman–Crippen LogP) is 1.91. The van der Waals surface area contributed by atoms with Crippen molar-refractivity contribution in [2.45, 2.75) is 20.3 Å². The minimum atomic E-state index is -0.0232. The molecule has 1 heterocycles. The fraction of sp³-hybridized carbons (Fsp3) is 0.538. The second-order valence-electron chi connectivity index (χ2n) is 4.20. The number of hydrogen-bond acceptors (Lipinski definition) is 4. The monoisotopic (exact) mass is 236 g/mol. The van der Waals surface area contributed by atoms with E-state index in [0.717, 1.165) is 13.0 Å². The van der Waals surface area contributed by atoms with E-state index in [0.29, 0.717) is 18.1 Å². The van der Waals surface area contributed by atoms with Crippen molar-refractivity contribution < 1.29 is 9.53 Å². The molecule has 0 radical (unpaired) electrons. The van der Waals surface area contributed by atoms with Gasteiger partial charge in [0.05, 0.1) is 12.8 Å². The highest BCUT2D eigenvalue weighted by Crippen LogP contribution is 2.12. The number of pyridine rings is 1. The first-order valence-electron chi connectivity index (χ1n) is 5.93. The number of nitrogens with one attached hydrogen (secondary N) is 1. The zero-order chi connectivity index (χ0) is 12.7. The van der Waals surface area contributed by atoms with Gasteiger partial charge in [0.2, 0.25) is 0 Å². The molecule has 0 unspecified atom stereocenters. The number of carbonyl (C=O) groups is 1. The fourth-order valence-corrected chi connectivity index (χ4v) is 1.35. The Bertz CT molecular complexity index is 347. The van der Waals surface area contributed by atoms with Crippen LogP contribution < -0.4 is 10.1 Å². The zero-order valence-corrected chi connectivity index (χ0v) is 10.7. The number of ether oxygens (including phenoxy) is 1. The van der Waals surface area contributed by atoms with Gasteiger partial charge >= 0.3 is 0 Å². The molecule has 0 fully saturated rings. The molecule has 1 aromatic rings. The summed E-state index contributed by atoms with van der Waals surface area (Å²) in [5.41, 5.74) is 0.502. The predicted molar refractivity (Wildman–Crippen MR) is 67.4 cm³/mol. The van der Waals surface area contributed by atoms with Crippen LogP contribution in [-0.2, 0) is 0 Å². The molecule has 0 aliphatic rings. The van der Waals surface area contributed by atoms with Gasteiger partial charge in [0.25, 0.3) is 0 Å². The van der Waals surface area contributed by atoms with Gasteiger partial charge in [-0.25, -0.2) is 4.98 Å². The minimum Gasteiger partial charge on any atom is -0.492 e. The normalized spacial score (nSPS) is 10.6. The smallest absolute Gasteiger partial charge is 0.183 e. The summed E-state index contributed by atoms with van der Waals surface area (Å²) in [5.74, 6) is 0.748. The lowest BCUT2D eigenvalue weighted by Gasteiger charge is -2.07. The summed E-state index contributed by atoms with van der Waals surface area (Å²) < 4.78 is 5.49. The minimum absolute atomic E-state index is 0.0232. The summed E-state index contributed by atoms with van der Waals surface area (Å²) in [6.07, 6.45) is 2.55. The summed E-state index contributed by atoms with van der Waals surface area (Å²) in [6, 6.07) is 3.51. The summed E-state index contributed by atoms with van der Waals surface area (Å²) in [7, 11) is 1.91. The summed E-state index contributed by atoms with van der Waals surface area (Å²) in [5, 5.41) is 3.05. The second kappa shape index (κ2) is 7.01. The molecule has 4 nitrogen and oxygen atoms in total. The molecule has 94 valence electrons. The maximum absolute atomic E-state index is 11.6. The molecular weight excluding hydrogens is 216 g/mol. The molecule has 0 saturated carbocycles. The molecule has 0 saturated heterocycles. The van der Waals surface area contributed by atoms with Crippen LogP contribution in [0, 0.1) is 5.92 Å². The maximum atomic E-state index is 11.6. The highest BCUT2D eigenvalue weighted by atomic mass is 16.5. The van der Waals surface area contributed by atoms with E-state index in [1.54, 1.807) is 18.3 Å². The molecule has 0 bridgehead atoms. The van der Waals surface area contributed by atoms with Gasteiger partial charge in [0.15, 0.2) is 5.78 Å². The summed E-state index contributed by atoms with van der Waals surface area (Å²) >= 11 is 0. The number of Topliss-reactive ketones (excluding diaryl/α,β-unsaturated/α-hetero) is 1. The summed E-state index contributed by atoms with van der Waals surface area (Å²) in [4.78, 5) is 15.8. The van der Waals surface area contributed by atoms with Gasteiger partial charge in [-0.2, -0.15) is 0 Å². The van der Waals surface area contributed by atoms with E-state index in [-0.39, 0.29) is 11.7 Å². The van der Waals surface area contributed by atoms with E-state index < -0.39 is 0 Å². The fourth-order valence-electron chi connectivity index (χ4n) is 1.35. The van der Waals surface area contributed by atoms with E-state index in [2.05, 4.69) is 10.3 Å². The lowest BCUT2D eigenvalue weighted by atomic mass is 10.1. The molecule has 0 aliphatic heterocycles. The molecule has 17 heavy (non-hydrogen) atoms. The maximum Gasteiger partial charge on any atom is 0.183 e. The lowest BCUT2D eigenvalue weighted by Crippen LogP contribution is -2.12. The number of nitrogens with zero attached hydrogens (tertiary/aromatic N) is 1. The molecule has 0 amide bonds. The Morgan fingerprint density at radius 3 is 2.76 bits per heavy atom. The van der Waals surface area contributed by atoms with E-state index in [9.17, 15) is 4.79 Å². The van der Waals surface area contributed by atoms with Gasteiger partial charge in [0.1, 0.15) is 11.4 Å². The number of carbonyl (C=O) groups excluding carboxylic acids is 1. The molecule has 1 aromatic heterocycles. The summed E-state index contributed by atoms with van der Waals surface area (Å²) in [6.45, 7) is 5.32. The van der Waals surface area contributed by atoms with Crippen LogP contribution in [0.1, 0.15) is 30.8 Å². The molecule has 1 rings (SSSR count). The SMILES string of the molecule is CNCCCOc1ccc(C(=O)C(C)C)nc1. The third-order valence-corrected chi connectivity index (χ3v) is 2.35. The molecule has 1 N–H and O–H groups in total. The van der Waals surface area contributed by atoms with Gasteiger partial charge < -0.3 is 10.1 Å². The van der Waals surface area contributed by atoms with E-state index in [1.165, 1.54) is 0 Å². The standard InChI is InChI=1S/C13H20N2O2/c1-10(2)13(16)12-6-5-11(9-15-12)17-8-4-7-14-3/h5-6,9-10,14H,4,7-8H2,1-3H3.